The van der Waals surface area contributed by atoms with E-state index in [0.29, 0.717) is 0 Å². The van der Waals surface area contributed by atoms with Gasteiger partial charge in [-0.25, -0.2) is 0 Å². The van der Waals surface area contributed by atoms with Crippen LogP contribution in [-0.4, -0.2) is 55.3 Å². The van der Waals surface area contributed by atoms with Crippen LogP contribution in [0.1, 0.15) is 12.5 Å². The molecule has 1 aromatic heterocycles. The number of nitrogens with one attached hydrogen (secondary N) is 1. The van der Waals surface area contributed by atoms with Crippen LogP contribution in [0, 0.1) is 0 Å². The molecule has 1 aliphatic heterocycles. The molecule has 18 heavy (non-hydrogen) atoms. The number of ether oxygens (including phenoxy) is 1. The van der Waals surface area contributed by atoms with Gasteiger partial charge in [-0.05, 0) is 38.1 Å². The molecule has 1 fully saturated rings. The molecule has 2 heterocycles. The highest BCUT2D eigenvalue weighted by atomic mass is 16.5. The second kappa shape index (κ2) is 6.27. The van der Waals surface area contributed by atoms with Gasteiger partial charge in [-0.3, -0.25) is 4.98 Å². The van der Waals surface area contributed by atoms with E-state index in [-0.39, 0.29) is 5.60 Å². The second-order valence-corrected chi connectivity index (χ2v) is 5.31. The zero-order chi connectivity index (χ0) is 12.8. The van der Waals surface area contributed by atoms with E-state index in [9.17, 15) is 0 Å². The van der Waals surface area contributed by atoms with E-state index in [1.54, 1.807) is 0 Å². The Balaban J connectivity index is 1.59. The molecule has 0 amide bonds. The number of hydrogen-bond donors (Lipinski definition) is 1. The molecule has 0 spiro atoms. The van der Waals surface area contributed by atoms with Crippen molar-refractivity contribution in [2.75, 3.05) is 39.8 Å². The van der Waals surface area contributed by atoms with Gasteiger partial charge in [-0.15, -0.1) is 0 Å². The normalized spacial score (nSPS) is 17.7. The molecular formula is C14H23N3O. The van der Waals surface area contributed by atoms with Crippen molar-refractivity contribution in [1.29, 1.82) is 0 Å². The fourth-order valence-electron chi connectivity index (χ4n) is 2.01. The lowest BCUT2D eigenvalue weighted by atomic mass is 10.0. The number of pyridine rings is 1. The van der Waals surface area contributed by atoms with Gasteiger partial charge in [-0.1, -0.05) is 0 Å². The summed E-state index contributed by atoms with van der Waals surface area (Å²) in [6.07, 6.45) is 4.77. The van der Waals surface area contributed by atoms with Gasteiger partial charge in [-0.2, -0.15) is 0 Å². The molecule has 100 valence electrons. The number of rotatable bonds is 7. The minimum absolute atomic E-state index is 0.0753. The van der Waals surface area contributed by atoms with Gasteiger partial charge < -0.3 is 15.0 Å². The molecule has 0 aromatic carbocycles. The highest BCUT2D eigenvalue weighted by Crippen LogP contribution is 2.14. The maximum Gasteiger partial charge on any atom is 0.0902 e. The van der Waals surface area contributed by atoms with Crippen LogP contribution in [-0.2, 0) is 11.2 Å². The van der Waals surface area contributed by atoms with Crippen molar-refractivity contribution >= 4 is 0 Å². The first-order chi connectivity index (χ1) is 8.68. The molecule has 2 rings (SSSR count). The Morgan fingerprint density at radius 1 is 1.33 bits per heavy atom. The molecule has 0 aliphatic carbocycles. The summed E-state index contributed by atoms with van der Waals surface area (Å²) in [7, 11) is 2.14. The summed E-state index contributed by atoms with van der Waals surface area (Å²) >= 11 is 0. The number of aromatic nitrogens is 1. The molecule has 1 saturated heterocycles. The molecule has 0 bridgehead atoms. The van der Waals surface area contributed by atoms with Gasteiger partial charge in [0.25, 0.3) is 0 Å². The first-order valence-corrected chi connectivity index (χ1v) is 6.60. The predicted molar refractivity (Wildman–Crippen MR) is 72.7 cm³/mol. The van der Waals surface area contributed by atoms with Gasteiger partial charge in [0.05, 0.1) is 12.2 Å². The van der Waals surface area contributed by atoms with E-state index < -0.39 is 0 Å². The number of nitrogens with zero attached hydrogens (tertiary/aromatic N) is 2. The molecule has 4 heteroatoms. The van der Waals surface area contributed by atoms with Gasteiger partial charge in [0.1, 0.15) is 0 Å². The monoisotopic (exact) mass is 249 g/mol. The largest absolute Gasteiger partial charge is 0.371 e. The van der Waals surface area contributed by atoms with Crippen LogP contribution in [0.5, 0.6) is 0 Å². The van der Waals surface area contributed by atoms with Gasteiger partial charge >= 0.3 is 0 Å². The Hall–Kier alpha value is -0.970. The van der Waals surface area contributed by atoms with E-state index in [2.05, 4.69) is 41.3 Å². The highest BCUT2D eigenvalue weighted by Gasteiger charge is 2.32. The lowest BCUT2D eigenvalue weighted by Crippen LogP contribution is -2.59. The molecule has 4 nitrogen and oxygen atoms in total. The molecule has 0 unspecified atom stereocenters. The molecule has 0 atom stereocenters. The quantitative estimate of drug-likeness (QED) is 0.780. The van der Waals surface area contributed by atoms with Crippen molar-refractivity contribution in [2.45, 2.75) is 18.9 Å². The van der Waals surface area contributed by atoms with Crippen molar-refractivity contribution in [2.24, 2.45) is 0 Å². The van der Waals surface area contributed by atoms with Crippen LogP contribution in [0.2, 0.25) is 0 Å². The van der Waals surface area contributed by atoms with Crippen molar-refractivity contribution in [3.05, 3.63) is 30.1 Å². The lowest BCUT2D eigenvalue weighted by Gasteiger charge is -2.39. The molecule has 1 aliphatic rings. The SMILES string of the molecule is CN(CCOC1(C)CNC1)CCc1ccncc1. The van der Waals surface area contributed by atoms with E-state index in [4.69, 9.17) is 4.74 Å². The zero-order valence-corrected chi connectivity index (χ0v) is 11.4. The maximum atomic E-state index is 5.87. The van der Waals surface area contributed by atoms with E-state index in [1.165, 1.54) is 5.56 Å². The molecule has 1 aromatic rings. The highest BCUT2D eigenvalue weighted by molar-refractivity contribution is 5.09. The van der Waals surface area contributed by atoms with E-state index in [0.717, 1.165) is 39.2 Å². The van der Waals surface area contributed by atoms with Crippen LogP contribution < -0.4 is 5.32 Å². The molecule has 0 saturated carbocycles. The first kappa shape index (κ1) is 13.5. The predicted octanol–water partition coefficient (Wildman–Crippen LogP) is 0.934. The summed E-state index contributed by atoms with van der Waals surface area (Å²) in [5.74, 6) is 0. The topological polar surface area (TPSA) is 37.4 Å². The fourth-order valence-corrected chi connectivity index (χ4v) is 2.01. The Kier molecular flexibility index (Phi) is 4.69. The van der Waals surface area contributed by atoms with Crippen LogP contribution >= 0.6 is 0 Å². The van der Waals surface area contributed by atoms with Gasteiger partial charge in [0, 0.05) is 38.6 Å². The van der Waals surface area contributed by atoms with E-state index in [1.807, 2.05) is 12.4 Å². The van der Waals surface area contributed by atoms with Crippen LogP contribution in [0.3, 0.4) is 0 Å². The van der Waals surface area contributed by atoms with Crippen molar-refractivity contribution in [3.8, 4) is 0 Å². The summed E-state index contributed by atoms with van der Waals surface area (Å²) < 4.78 is 5.87. The molecular weight excluding hydrogens is 226 g/mol. The fraction of sp³-hybridized carbons (Fsp3) is 0.643. The third-order valence-electron chi connectivity index (χ3n) is 3.45. The third-order valence-corrected chi connectivity index (χ3v) is 3.45. The Morgan fingerprint density at radius 3 is 2.67 bits per heavy atom. The van der Waals surface area contributed by atoms with Crippen LogP contribution in [0.15, 0.2) is 24.5 Å². The van der Waals surface area contributed by atoms with Crippen LogP contribution in [0.4, 0.5) is 0 Å². The summed E-state index contributed by atoms with van der Waals surface area (Å²) in [4.78, 5) is 6.34. The Morgan fingerprint density at radius 2 is 2.06 bits per heavy atom. The van der Waals surface area contributed by atoms with Gasteiger partial charge in [0.15, 0.2) is 0 Å². The smallest absolute Gasteiger partial charge is 0.0902 e. The zero-order valence-electron chi connectivity index (χ0n) is 11.4. The average molecular weight is 249 g/mol. The molecule has 1 N–H and O–H groups in total. The van der Waals surface area contributed by atoms with Crippen molar-refractivity contribution in [1.82, 2.24) is 15.2 Å². The number of likely N-dealkylation sites (N-methyl/N-ethyl adjacent to an activating group) is 1. The maximum absolute atomic E-state index is 5.87. The molecule has 0 radical (unpaired) electrons. The second-order valence-electron chi connectivity index (χ2n) is 5.31. The minimum Gasteiger partial charge on any atom is -0.371 e. The van der Waals surface area contributed by atoms with Crippen molar-refractivity contribution in [3.63, 3.8) is 0 Å². The Labute approximate surface area is 109 Å². The number of hydrogen-bond acceptors (Lipinski definition) is 4. The standard InChI is InChI=1S/C14H23N3O/c1-14(11-16-12-14)18-10-9-17(2)8-5-13-3-6-15-7-4-13/h3-4,6-7,16H,5,8-12H2,1-2H3. The minimum atomic E-state index is 0.0753. The third kappa shape index (κ3) is 4.05. The van der Waals surface area contributed by atoms with E-state index >= 15 is 0 Å². The lowest BCUT2D eigenvalue weighted by molar-refractivity contribution is -0.0708. The van der Waals surface area contributed by atoms with Crippen LogP contribution in [0.25, 0.3) is 0 Å². The Bertz CT molecular complexity index is 351. The summed E-state index contributed by atoms with van der Waals surface area (Å²) in [6.45, 7) is 6.98. The van der Waals surface area contributed by atoms with Crippen molar-refractivity contribution < 1.29 is 4.74 Å². The summed E-state index contributed by atoms with van der Waals surface area (Å²) in [5, 5.41) is 3.24. The summed E-state index contributed by atoms with van der Waals surface area (Å²) in [6, 6.07) is 4.15. The average Bonchev–Trinajstić information content (AvgIpc) is 2.35. The first-order valence-electron chi connectivity index (χ1n) is 6.60. The van der Waals surface area contributed by atoms with Gasteiger partial charge in [0.2, 0.25) is 0 Å². The summed E-state index contributed by atoms with van der Waals surface area (Å²) in [5.41, 5.74) is 1.42.